The van der Waals surface area contributed by atoms with E-state index in [-0.39, 0.29) is 17.3 Å². The van der Waals surface area contributed by atoms with Crippen LogP contribution in [0, 0.1) is 26.1 Å². The van der Waals surface area contributed by atoms with Crippen LogP contribution in [0.2, 0.25) is 0 Å². The molecule has 0 aliphatic carbocycles. The van der Waals surface area contributed by atoms with E-state index in [1.165, 1.54) is 12.1 Å². The topological polar surface area (TPSA) is 111 Å². The van der Waals surface area contributed by atoms with E-state index in [0.717, 1.165) is 6.07 Å². The molecular formula is C10H11BrN4O4. The zero-order chi connectivity index (χ0) is 14.6. The van der Waals surface area contributed by atoms with Crippen LogP contribution < -0.4 is 5.43 Å². The second-order valence-corrected chi connectivity index (χ2v) is 4.73. The molecule has 0 spiro atoms. The number of nitro groups is 2. The second-order valence-electron chi connectivity index (χ2n) is 3.92. The van der Waals surface area contributed by atoms with Gasteiger partial charge in [0.1, 0.15) is 10.3 Å². The maximum Gasteiger partial charge on any atom is 0.301 e. The Kier molecular flexibility index (Phi) is 4.93. The van der Waals surface area contributed by atoms with E-state index in [9.17, 15) is 20.2 Å². The maximum atomic E-state index is 10.9. The minimum Gasteiger partial charge on any atom is -0.271 e. The highest BCUT2D eigenvalue weighted by atomic mass is 79.9. The Morgan fingerprint density at radius 2 is 1.95 bits per heavy atom. The van der Waals surface area contributed by atoms with E-state index in [2.05, 4.69) is 26.5 Å². The fraction of sp³-hybridized carbons (Fsp3) is 0.300. The minimum absolute atomic E-state index is 0.0909. The molecule has 0 aliphatic rings. The van der Waals surface area contributed by atoms with Gasteiger partial charge in [0.25, 0.3) is 5.69 Å². The van der Waals surface area contributed by atoms with Gasteiger partial charge in [-0.1, -0.05) is 13.8 Å². The molecule has 0 unspecified atom stereocenters. The van der Waals surface area contributed by atoms with Crippen molar-refractivity contribution in [3.63, 3.8) is 0 Å². The molecule has 0 saturated heterocycles. The number of benzene rings is 1. The summed E-state index contributed by atoms with van der Waals surface area (Å²) in [5, 5.41) is 25.3. The highest BCUT2D eigenvalue weighted by Gasteiger charge is 2.19. The van der Waals surface area contributed by atoms with Crippen molar-refractivity contribution in [2.75, 3.05) is 5.43 Å². The Morgan fingerprint density at radius 3 is 2.42 bits per heavy atom. The highest BCUT2D eigenvalue weighted by Crippen LogP contribution is 2.29. The van der Waals surface area contributed by atoms with E-state index >= 15 is 0 Å². The summed E-state index contributed by atoms with van der Waals surface area (Å²) >= 11 is 3.21. The molecule has 102 valence electrons. The van der Waals surface area contributed by atoms with Crippen molar-refractivity contribution in [1.82, 2.24) is 0 Å². The quantitative estimate of drug-likeness (QED) is 0.506. The first kappa shape index (κ1) is 15.0. The molecule has 0 radical (unpaired) electrons. The summed E-state index contributed by atoms with van der Waals surface area (Å²) in [4.78, 5) is 20.0. The zero-order valence-electron chi connectivity index (χ0n) is 10.2. The summed E-state index contributed by atoms with van der Waals surface area (Å²) in [6.07, 6.45) is 0. The molecule has 0 amide bonds. The monoisotopic (exact) mass is 330 g/mol. The van der Waals surface area contributed by atoms with Gasteiger partial charge in [-0.25, -0.2) is 0 Å². The van der Waals surface area contributed by atoms with E-state index in [1.54, 1.807) is 0 Å². The lowest BCUT2D eigenvalue weighted by Crippen LogP contribution is -2.03. The predicted molar refractivity (Wildman–Crippen MR) is 74.6 cm³/mol. The number of non-ortho nitro benzene ring substituents is 1. The zero-order valence-corrected chi connectivity index (χ0v) is 11.7. The molecule has 0 heterocycles. The molecule has 0 aromatic heterocycles. The van der Waals surface area contributed by atoms with E-state index in [1.807, 2.05) is 13.8 Å². The molecule has 1 rings (SSSR count). The number of hydrazone groups is 1. The summed E-state index contributed by atoms with van der Waals surface area (Å²) in [5.74, 6) is 0.115. The Morgan fingerprint density at radius 1 is 1.32 bits per heavy atom. The number of hydrogen-bond acceptors (Lipinski definition) is 6. The molecule has 8 nitrogen and oxygen atoms in total. The number of nitrogens with zero attached hydrogens (tertiary/aromatic N) is 3. The van der Waals surface area contributed by atoms with Gasteiger partial charge in [0, 0.05) is 12.0 Å². The largest absolute Gasteiger partial charge is 0.301 e. The Hall–Kier alpha value is -2.03. The van der Waals surface area contributed by atoms with Crippen molar-refractivity contribution < 1.29 is 9.85 Å². The van der Waals surface area contributed by atoms with Gasteiger partial charge < -0.3 is 0 Å². The van der Waals surface area contributed by atoms with Crippen LogP contribution in [0.5, 0.6) is 0 Å². The van der Waals surface area contributed by atoms with Crippen LogP contribution >= 0.6 is 15.9 Å². The van der Waals surface area contributed by atoms with Crippen LogP contribution in [0.25, 0.3) is 0 Å². The van der Waals surface area contributed by atoms with Gasteiger partial charge in [0.2, 0.25) is 0 Å². The first-order valence-electron chi connectivity index (χ1n) is 5.25. The van der Waals surface area contributed by atoms with Crippen LogP contribution in [-0.2, 0) is 0 Å². The Balaban J connectivity index is 3.11. The van der Waals surface area contributed by atoms with Gasteiger partial charge in [0.15, 0.2) is 0 Å². The number of hydrogen-bond donors (Lipinski definition) is 1. The molecule has 19 heavy (non-hydrogen) atoms. The summed E-state index contributed by atoms with van der Waals surface area (Å²) in [5.41, 5.74) is 1.87. The van der Waals surface area contributed by atoms with Gasteiger partial charge in [0.05, 0.1) is 15.9 Å². The van der Waals surface area contributed by atoms with Crippen molar-refractivity contribution in [1.29, 1.82) is 0 Å². The minimum atomic E-state index is -0.700. The van der Waals surface area contributed by atoms with Crippen LogP contribution in [0.3, 0.4) is 0 Å². The molecule has 0 saturated carbocycles. The molecule has 9 heteroatoms. The summed E-state index contributed by atoms with van der Waals surface area (Å²) in [6.45, 7) is 3.78. The van der Waals surface area contributed by atoms with Crippen molar-refractivity contribution in [2.24, 2.45) is 11.0 Å². The molecule has 1 aromatic carbocycles. The van der Waals surface area contributed by atoms with Crippen molar-refractivity contribution in [3.05, 3.63) is 38.4 Å². The number of nitro benzene ring substituents is 2. The third kappa shape index (κ3) is 3.98. The normalized spacial score (nSPS) is 11.5. The Bertz CT molecular complexity index is 544. The van der Waals surface area contributed by atoms with Crippen LogP contribution in [-0.4, -0.2) is 14.5 Å². The third-order valence-corrected chi connectivity index (χ3v) is 3.24. The summed E-state index contributed by atoms with van der Waals surface area (Å²) < 4.78 is 0.583. The Labute approximate surface area is 116 Å². The van der Waals surface area contributed by atoms with Crippen LogP contribution in [0.4, 0.5) is 17.1 Å². The first-order chi connectivity index (χ1) is 8.82. The third-order valence-electron chi connectivity index (χ3n) is 2.15. The van der Waals surface area contributed by atoms with Gasteiger partial charge in [-0.05, 0) is 22.0 Å². The smallest absolute Gasteiger partial charge is 0.271 e. The van der Waals surface area contributed by atoms with Gasteiger partial charge in [-0.15, -0.1) is 0 Å². The van der Waals surface area contributed by atoms with E-state index in [4.69, 9.17) is 0 Å². The summed E-state index contributed by atoms with van der Waals surface area (Å²) in [7, 11) is 0. The number of rotatable bonds is 5. The van der Waals surface area contributed by atoms with Gasteiger partial charge >= 0.3 is 5.69 Å². The first-order valence-corrected chi connectivity index (χ1v) is 6.04. The van der Waals surface area contributed by atoms with Gasteiger partial charge in [-0.2, -0.15) is 5.10 Å². The fourth-order valence-electron chi connectivity index (χ4n) is 1.12. The molecule has 1 aromatic rings. The molecule has 0 atom stereocenters. The fourth-order valence-corrected chi connectivity index (χ4v) is 1.21. The summed E-state index contributed by atoms with van der Waals surface area (Å²) in [6, 6.07) is 3.32. The predicted octanol–water partition coefficient (Wildman–Crippen LogP) is 3.28. The standard InChI is InChI=1S/C10H11BrN4O4/c1-6(2)10(11)13-12-8-4-3-7(14(16)17)5-9(8)15(18)19/h3-6,12H,1-2H3. The molecule has 0 aliphatic heterocycles. The van der Waals surface area contributed by atoms with Gasteiger partial charge in [-0.3, -0.25) is 25.7 Å². The molecular weight excluding hydrogens is 320 g/mol. The number of anilines is 1. The van der Waals surface area contributed by atoms with E-state index in [0.29, 0.717) is 4.62 Å². The lowest BCUT2D eigenvalue weighted by Gasteiger charge is -2.05. The maximum absolute atomic E-state index is 10.9. The number of halogens is 1. The van der Waals surface area contributed by atoms with Crippen molar-refractivity contribution in [2.45, 2.75) is 13.8 Å². The highest BCUT2D eigenvalue weighted by molar-refractivity contribution is 9.18. The average molecular weight is 331 g/mol. The van der Waals surface area contributed by atoms with Crippen LogP contribution in [0.15, 0.2) is 23.3 Å². The lowest BCUT2D eigenvalue weighted by atomic mass is 10.2. The van der Waals surface area contributed by atoms with Crippen LogP contribution in [0.1, 0.15) is 13.8 Å². The van der Waals surface area contributed by atoms with Crippen molar-refractivity contribution >= 4 is 37.6 Å². The molecule has 0 bridgehead atoms. The lowest BCUT2D eigenvalue weighted by molar-refractivity contribution is -0.393. The number of nitrogens with one attached hydrogen (secondary N) is 1. The average Bonchev–Trinajstić information content (AvgIpc) is 2.35. The second kappa shape index (κ2) is 6.23. The molecule has 1 N–H and O–H groups in total. The SMILES string of the molecule is CC(C)C(Br)=NNc1ccc([N+](=O)[O-])cc1[N+](=O)[O-]. The van der Waals surface area contributed by atoms with Crippen molar-refractivity contribution in [3.8, 4) is 0 Å². The molecule has 0 fully saturated rings. The van der Waals surface area contributed by atoms with E-state index < -0.39 is 15.5 Å².